The Morgan fingerprint density at radius 1 is 1.00 bits per heavy atom. The average molecular weight is 251 g/mol. The average Bonchev–Trinajstić information content (AvgIpc) is 2.83. The van der Waals surface area contributed by atoms with Gasteiger partial charge in [0.05, 0.1) is 17.4 Å². The first-order valence-electron chi connectivity index (χ1n) is 6.40. The third-order valence-electron chi connectivity index (χ3n) is 3.33. The van der Waals surface area contributed by atoms with E-state index in [4.69, 9.17) is 0 Å². The number of anilines is 1. The van der Waals surface area contributed by atoms with Crippen LogP contribution in [0.15, 0.2) is 54.9 Å². The standard InChI is InChI=1S/C16H17N3/c1-18(2)14-9-7-13(8-10-14)11-19-12-17-15-5-3-4-6-16(15)19/h3-10,12H,11H2,1-2H3. The summed E-state index contributed by atoms with van der Waals surface area (Å²) in [5, 5.41) is 0. The maximum absolute atomic E-state index is 4.42. The molecule has 3 nitrogen and oxygen atoms in total. The summed E-state index contributed by atoms with van der Waals surface area (Å²) in [5.41, 5.74) is 4.74. The number of hydrogen-bond donors (Lipinski definition) is 0. The van der Waals surface area contributed by atoms with E-state index in [2.05, 4.69) is 64.9 Å². The molecule has 96 valence electrons. The molecule has 0 aliphatic carbocycles. The highest BCUT2D eigenvalue weighted by Crippen LogP contribution is 2.16. The minimum absolute atomic E-state index is 0.855. The van der Waals surface area contributed by atoms with Gasteiger partial charge >= 0.3 is 0 Å². The van der Waals surface area contributed by atoms with Crippen LogP contribution in [0.3, 0.4) is 0 Å². The van der Waals surface area contributed by atoms with Crippen molar-refractivity contribution in [2.45, 2.75) is 6.54 Å². The highest BCUT2D eigenvalue weighted by atomic mass is 15.1. The van der Waals surface area contributed by atoms with Crippen LogP contribution in [-0.2, 0) is 6.54 Å². The van der Waals surface area contributed by atoms with Gasteiger partial charge in [-0.25, -0.2) is 4.98 Å². The fourth-order valence-corrected chi connectivity index (χ4v) is 2.23. The normalized spacial score (nSPS) is 10.8. The van der Waals surface area contributed by atoms with Crippen LogP contribution in [0.2, 0.25) is 0 Å². The maximum atomic E-state index is 4.42. The molecule has 0 radical (unpaired) electrons. The molecule has 0 N–H and O–H groups in total. The molecule has 3 rings (SSSR count). The molecule has 0 amide bonds. The van der Waals surface area contributed by atoms with E-state index < -0.39 is 0 Å². The summed E-state index contributed by atoms with van der Waals surface area (Å²) in [4.78, 5) is 6.52. The Kier molecular flexibility index (Phi) is 2.95. The van der Waals surface area contributed by atoms with Crippen molar-refractivity contribution in [1.29, 1.82) is 0 Å². The molecular formula is C16H17N3. The lowest BCUT2D eigenvalue weighted by atomic mass is 10.2. The van der Waals surface area contributed by atoms with Crippen molar-refractivity contribution in [3.63, 3.8) is 0 Å². The fourth-order valence-electron chi connectivity index (χ4n) is 2.23. The van der Waals surface area contributed by atoms with Crippen molar-refractivity contribution in [1.82, 2.24) is 9.55 Å². The van der Waals surface area contributed by atoms with Crippen molar-refractivity contribution < 1.29 is 0 Å². The minimum Gasteiger partial charge on any atom is -0.378 e. The second-order valence-corrected chi connectivity index (χ2v) is 4.92. The van der Waals surface area contributed by atoms with Crippen molar-refractivity contribution in [2.24, 2.45) is 0 Å². The predicted molar refractivity (Wildman–Crippen MR) is 79.6 cm³/mol. The van der Waals surface area contributed by atoms with Gasteiger partial charge in [-0.3, -0.25) is 0 Å². The van der Waals surface area contributed by atoms with Gasteiger partial charge in [-0.15, -0.1) is 0 Å². The summed E-state index contributed by atoms with van der Waals surface area (Å²) < 4.78 is 2.18. The molecule has 0 bridgehead atoms. The lowest BCUT2D eigenvalue weighted by Crippen LogP contribution is -2.08. The third-order valence-corrected chi connectivity index (χ3v) is 3.33. The molecular weight excluding hydrogens is 234 g/mol. The number of fused-ring (bicyclic) bond motifs is 1. The SMILES string of the molecule is CN(C)c1ccc(Cn2cnc3ccccc32)cc1. The van der Waals surface area contributed by atoms with Crippen molar-refractivity contribution in [3.05, 3.63) is 60.4 Å². The van der Waals surface area contributed by atoms with Gasteiger partial charge in [0.2, 0.25) is 0 Å². The number of aromatic nitrogens is 2. The maximum Gasteiger partial charge on any atom is 0.0961 e. The van der Waals surface area contributed by atoms with Gasteiger partial charge in [-0.2, -0.15) is 0 Å². The van der Waals surface area contributed by atoms with Crippen molar-refractivity contribution >= 4 is 16.7 Å². The summed E-state index contributed by atoms with van der Waals surface area (Å²) in [6.45, 7) is 0.855. The van der Waals surface area contributed by atoms with Gasteiger partial charge in [-0.05, 0) is 29.8 Å². The molecule has 3 heteroatoms. The molecule has 0 fully saturated rings. The summed E-state index contributed by atoms with van der Waals surface area (Å²) >= 11 is 0. The molecule has 0 atom stereocenters. The first-order chi connectivity index (χ1) is 9.24. The van der Waals surface area contributed by atoms with Crippen LogP contribution in [0, 0.1) is 0 Å². The Morgan fingerprint density at radius 2 is 1.74 bits per heavy atom. The van der Waals surface area contributed by atoms with E-state index in [0.29, 0.717) is 0 Å². The van der Waals surface area contributed by atoms with Gasteiger partial charge in [0.25, 0.3) is 0 Å². The van der Waals surface area contributed by atoms with E-state index in [1.54, 1.807) is 0 Å². The van der Waals surface area contributed by atoms with Crippen LogP contribution in [0.1, 0.15) is 5.56 Å². The van der Waals surface area contributed by atoms with Gasteiger partial charge < -0.3 is 9.47 Å². The van der Waals surface area contributed by atoms with Crippen LogP contribution in [0.4, 0.5) is 5.69 Å². The van der Waals surface area contributed by atoms with E-state index in [1.165, 1.54) is 16.8 Å². The zero-order valence-electron chi connectivity index (χ0n) is 11.2. The Morgan fingerprint density at radius 3 is 2.47 bits per heavy atom. The van der Waals surface area contributed by atoms with E-state index in [-0.39, 0.29) is 0 Å². The van der Waals surface area contributed by atoms with Crippen LogP contribution < -0.4 is 4.90 Å². The molecule has 0 aliphatic heterocycles. The zero-order valence-corrected chi connectivity index (χ0v) is 11.2. The molecule has 0 saturated heterocycles. The van der Waals surface area contributed by atoms with Crippen LogP contribution in [0.5, 0.6) is 0 Å². The first kappa shape index (κ1) is 11.8. The highest BCUT2D eigenvalue weighted by Gasteiger charge is 2.02. The van der Waals surface area contributed by atoms with Gasteiger partial charge in [0.15, 0.2) is 0 Å². The topological polar surface area (TPSA) is 21.1 Å². The lowest BCUT2D eigenvalue weighted by Gasteiger charge is -2.13. The molecule has 19 heavy (non-hydrogen) atoms. The lowest BCUT2D eigenvalue weighted by molar-refractivity contribution is 0.824. The van der Waals surface area contributed by atoms with Crippen LogP contribution in [-0.4, -0.2) is 23.6 Å². The largest absolute Gasteiger partial charge is 0.378 e. The molecule has 3 aromatic rings. The smallest absolute Gasteiger partial charge is 0.0961 e. The van der Waals surface area contributed by atoms with E-state index in [1.807, 2.05) is 18.5 Å². The van der Waals surface area contributed by atoms with Crippen molar-refractivity contribution in [3.8, 4) is 0 Å². The monoisotopic (exact) mass is 251 g/mol. The van der Waals surface area contributed by atoms with Gasteiger partial charge in [0, 0.05) is 26.3 Å². The van der Waals surface area contributed by atoms with E-state index in [0.717, 1.165) is 12.1 Å². The third kappa shape index (κ3) is 2.32. The van der Waals surface area contributed by atoms with E-state index >= 15 is 0 Å². The molecule has 0 unspecified atom stereocenters. The summed E-state index contributed by atoms with van der Waals surface area (Å²) in [5.74, 6) is 0. The Bertz CT molecular complexity index is 681. The molecule has 0 aliphatic rings. The zero-order chi connectivity index (χ0) is 13.2. The molecule has 2 aromatic carbocycles. The first-order valence-corrected chi connectivity index (χ1v) is 6.40. The second-order valence-electron chi connectivity index (χ2n) is 4.92. The fraction of sp³-hybridized carbons (Fsp3) is 0.188. The minimum atomic E-state index is 0.855. The van der Waals surface area contributed by atoms with Crippen molar-refractivity contribution in [2.75, 3.05) is 19.0 Å². The van der Waals surface area contributed by atoms with E-state index in [9.17, 15) is 0 Å². The quantitative estimate of drug-likeness (QED) is 0.713. The number of para-hydroxylation sites is 2. The van der Waals surface area contributed by atoms with Crippen LogP contribution in [0.25, 0.3) is 11.0 Å². The number of rotatable bonds is 3. The second kappa shape index (κ2) is 4.76. The Labute approximate surface area is 113 Å². The number of hydrogen-bond acceptors (Lipinski definition) is 2. The number of imidazole rings is 1. The van der Waals surface area contributed by atoms with Gasteiger partial charge in [-0.1, -0.05) is 24.3 Å². The molecule has 1 heterocycles. The Balaban J connectivity index is 1.88. The summed E-state index contributed by atoms with van der Waals surface area (Å²) in [7, 11) is 4.11. The molecule has 0 spiro atoms. The molecule has 1 aromatic heterocycles. The predicted octanol–water partition coefficient (Wildman–Crippen LogP) is 3.15. The van der Waals surface area contributed by atoms with Crippen LogP contribution >= 0.6 is 0 Å². The summed E-state index contributed by atoms with van der Waals surface area (Å²) in [6.07, 6.45) is 1.91. The highest BCUT2D eigenvalue weighted by molar-refractivity contribution is 5.75. The number of benzene rings is 2. The molecule has 0 saturated carbocycles. The summed E-state index contributed by atoms with van der Waals surface area (Å²) in [6, 6.07) is 16.9. The van der Waals surface area contributed by atoms with Gasteiger partial charge in [0.1, 0.15) is 0 Å². The Hall–Kier alpha value is -2.29. The number of nitrogens with zero attached hydrogens (tertiary/aromatic N) is 3.